The van der Waals surface area contributed by atoms with Crippen molar-refractivity contribution in [1.29, 1.82) is 5.41 Å². The van der Waals surface area contributed by atoms with E-state index in [1.165, 1.54) is 4.90 Å². The summed E-state index contributed by atoms with van der Waals surface area (Å²) >= 11 is 0. The van der Waals surface area contributed by atoms with Crippen LogP contribution in [0.1, 0.15) is 19.3 Å². The number of hydrogen-bond donors (Lipinski definition) is 3. The SMILES string of the molecule is CN1CC[C@H](C(=O)NC(=N)[C@@H]2CC[C@@H]3CN2C(=O)N3O)C1. The Morgan fingerprint density at radius 1 is 1.33 bits per heavy atom. The molecule has 0 saturated carbocycles. The van der Waals surface area contributed by atoms with Crippen molar-refractivity contribution in [2.45, 2.75) is 31.3 Å². The molecule has 21 heavy (non-hydrogen) atoms. The molecule has 3 saturated heterocycles. The van der Waals surface area contributed by atoms with E-state index in [-0.39, 0.29) is 23.7 Å². The number of piperidine rings is 1. The van der Waals surface area contributed by atoms with E-state index < -0.39 is 12.1 Å². The number of likely N-dealkylation sites (tertiary alicyclic amines) is 1. The van der Waals surface area contributed by atoms with Crippen molar-refractivity contribution in [2.24, 2.45) is 5.92 Å². The topological polar surface area (TPSA) is 100.0 Å². The molecule has 0 spiro atoms. The molecular weight excluding hydrogens is 274 g/mol. The summed E-state index contributed by atoms with van der Waals surface area (Å²) in [6.07, 6.45) is 2.04. The summed E-state index contributed by atoms with van der Waals surface area (Å²) in [5.74, 6) is -0.161. The lowest BCUT2D eigenvalue weighted by Gasteiger charge is -2.31. The molecule has 0 aromatic carbocycles. The molecule has 3 rings (SSSR count). The van der Waals surface area contributed by atoms with Crippen LogP contribution in [-0.4, -0.2) is 76.6 Å². The van der Waals surface area contributed by atoms with Gasteiger partial charge in [0.15, 0.2) is 0 Å². The summed E-state index contributed by atoms with van der Waals surface area (Å²) in [5, 5.41) is 21.1. The van der Waals surface area contributed by atoms with Crippen LogP contribution in [0.25, 0.3) is 0 Å². The first-order valence-corrected chi connectivity index (χ1v) is 7.34. The quantitative estimate of drug-likeness (QED) is 0.369. The van der Waals surface area contributed by atoms with Gasteiger partial charge >= 0.3 is 6.03 Å². The maximum Gasteiger partial charge on any atom is 0.344 e. The highest BCUT2D eigenvalue weighted by atomic mass is 16.5. The Kier molecular flexibility index (Phi) is 3.58. The van der Waals surface area contributed by atoms with Crippen LogP contribution in [0.5, 0.6) is 0 Å². The Hall–Kier alpha value is -1.67. The van der Waals surface area contributed by atoms with Crippen LogP contribution in [0.4, 0.5) is 4.79 Å². The average Bonchev–Trinajstić information content (AvgIpc) is 2.98. The second-order valence-electron chi connectivity index (χ2n) is 6.18. The fourth-order valence-corrected chi connectivity index (χ4v) is 3.42. The van der Waals surface area contributed by atoms with Crippen molar-refractivity contribution in [1.82, 2.24) is 20.2 Å². The Bertz CT molecular complexity index is 482. The molecule has 0 unspecified atom stereocenters. The standard InChI is InChI=1S/C13H21N5O3/c1-16-5-4-8(6-16)12(19)15-11(14)10-3-2-9-7-17(10)13(20)18(9)21/h8-10,21H,2-7H2,1H3,(H2,14,15,19)/t8-,9+,10-/m0/s1. The third kappa shape index (κ3) is 2.49. The van der Waals surface area contributed by atoms with E-state index >= 15 is 0 Å². The molecule has 3 heterocycles. The fourth-order valence-electron chi connectivity index (χ4n) is 3.42. The largest absolute Gasteiger partial charge is 0.344 e. The molecule has 0 radical (unpaired) electrons. The van der Waals surface area contributed by atoms with Gasteiger partial charge in [0.1, 0.15) is 5.84 Å². The molecule has 2 bridgehead atoms. The van der Waals surface area contributed by atoms with E-state index in [2.05, 4.69) is 10.2 Å². The van der Waals surface area contributed by atoms with Crippen molar-refractivity contribution in [3.63, 3.8) is 0 Å². The zero-order valence-corrected chi connectivity index (χ0v) is 12.1. The number of hydrogen-bond acceptors (Lipinski definition) is 5. The third-order valence-electron chi connectivity index (χ3n) is 4.70. The molecular formula is C13H21N5O3. The van der Waals surface area contributed by atoms with Gasteiger partial charge in [0.2, 0.25) is 5.91 Å². The number of carbonyl (C=O) groups excluding carboxylic acids is 2. The highest BCUT2D eigenvalue weighted by Gasteiger charge is 2.46. The number of hydroxylamine groups is 2. The summed E-state index contributed by atoms with van der Waals surface area (Å²) in [7, 11) is 1.97. The molecule has 0 aliphatic carbocycles. The second-order valence-corrected chi connectivity index (χ2v) is 6.18. The van der Waals surface area contributed by atoms with Gasteiger partial charge in [-0.15, -0.1) is 0 Å². The van der Waals surface area contributed by atoms with Crippen LogP contribution >= 0.6 is 0 Å². The minimum absolute atomic E-state index is 0.0663. The lowest BCUT2D eigenvalue weighted by molar-refractivity contribution is -0.123. The summed E-state index contributed by atoms with van der Waals surface area (Å²) in [4.78, 5) is 27.6. The predicted molar refractivity (Wildman–Crippen MR) is 74.0 cm³/mol. The summed E-state index contributed by atoms with van der Waals surface area (Å²) in [6, 6.07) is -1.09. The molecule has 8 heteroatoms. The molecule has 3 amide bonds. The number of fused-ring (bicyclic) bond motifs is 2. The zero-order valence-electron chi connectivity index (χ0n) is 12.1. The minimum atomic E-state index is -0.470. The third-order valence-corrected chi connectivity index (χ3v) is 4.70. The molecule has 116 valence electrons. The lowest BCUT2D eigenvalue weighted by atomic mass is 9.99. The molecule has 8 nitrogen and oxygen atoms in total. The first-order valence-electron chi connectivity index (χ1n) is 7.34. The fraction of sp³-hybridized carbons (Fsp3) is 0.769. The van der Waals surface area contributed by atoms with Gasteiger partial charge in [0.25, 0.3) is 0 Å². The smallest absolute Gasteiger partial charge is 0.313 e. The predicted octanol–water partition coefficient (Wildman–Crippen LogP) is -0.311. The van der Waals surface area contributed by atoms with Gasteiger partial charge in [-0.2, -0.15) is 0 Å². The van der Waals surface area contributed by atoms with Crippen LogP contribution in [-0.2, 0) is 4.79 Å². The summed E-state index contributed by atoms with van der Waals surface area (Å²) in [5.41, 5.74) is 0. The highest BCUT2D eigenvalue weighted by molar-refractivity contribution is 6.01. The van der Waals surface area contributed by atoms with Crippen molar-refractivity contribution in [2.75, 3.05) is 26.7 Å². The average molecular weight is 295 g/mol. The number of nitrogens with one attached hydrogen (secondary N) is 2. The van der Waals surface area contributed by atoms with Crippen molar-refractivity contribution in [3.05, 3.63) is 0 Å². The molecule has 3 aliphatic rings. The van der Waals surface area contributed by atoms with E-state index in [0.717, 1.165) is 18.0 Å². The van der Waals surface area contributed by atoms with Crippen LogP contribution < -0.4 is 5.32 Å². The number of nitrogens with zero attached hydrogens (tertiary/aromatic N) is 3. The van der Waals surface area contributed by atoms with Gasteiger partial charge in [-0.25, -0.2) is 9.86 Å². The summed E-state index contributed by atoms with van der Waals surface area (Å²) in [6.45, 7) is 2.02. The maximum absolute atomic E-state index is 12.2. The van der Waals surface area contributed by atoms with Crippen LogP contribution in [0, 0.1) is 11.3 Å². The van der Waals surface area contributed by atoms with Crippen molar-refractivity contribution in [3.8, 4) is 0 Å². The normalized spacial score (nSPS) is 32.7. The van der Waals surface area contributed by atoms with E-state index in [0.29, 0.717) is 25.9 Å². The van der Waals surface area contributed by atoms with Crippen molar-refractivity contribution >= 4 is 17.8 Å². The van der Waals surface area contributed by atoms with Gasteiger partial charge in [-0.1, -0.05) is 0 Å². The van der Waals surface area contributed by atoms with E-state index in [4.69, 9.17) is 5.41 Å². The molecule has 3 fully saturated rings. The number of rotatable bonds is 2. The van der Waals surface area contributed by atoms with Gasteiger partial charge < -0.3 is 15.1 Å². The monoisotopic (exact) mass is 295 g/mol. The van der Waals surface area contributed by atoms with E-state index in [1.54, 1.807) is 0 Å². The van der Waals surface area contributed by atoms with Crippen molar-refractivity contribution < 1.29 is 14.8 Å². The lowest BCUT2D eigenvalue weighted by Crippen LogP contribution is -2.51. The molecule has 3 atom stereocenters. The molecule has 0 aromatic rings. The second kappa shape index (κ2) is 5.27. The zero-order chi connectivity index (χ0) is 15.1. The minimum Gasteiger partial charge on any atom is -0.313 e. The van der Waals surface area contributed by atoms with Gasteiger partial charge in [-0.05, 0) is 32.9 Å². The Morgan fingerprint density at radius 2 is 2.10 bits per heavy atom. The summed E-state index contributed by atoms with van der Waals surface area (Å²) < 4.78 is 0. The molecule has 0 aromatic heterocycles. The first-order chi connectivity index (χ1) is 9.97. The number of urea groups is 1. The van der Waals surface area contributed by atoms with Crippen LogP contribution in [0.2, 0.25) is 0 Å². The van der Waals surface area contributed by atoms with E-state index in [1.807, 2.05) is 7.05 Å². The van der Waals surface area contributed by atoms with Gasteiger partial charge in [0, 0.05) is 13.1 Å². The maximum atomic E-state index is 12.2. The number of carbonyl (C=O) groups is 2. The highest BCUT2D eigenvalue weighted by Crippen LogP contribution is 2.28. The Balaban J connectivity index is 1.61. The van der Waals surface area contributed by atoms with Gasteiger partial charge in [-0.3, -0.25) is 15.4 Å². The Labute approximate surface area is 123 Å². The van der Waals surface area contributed by atoms with Crippen LogP contribution in [0.15, 0.2) is 0 Å². The number of amidine groups is 1. The van der Waals surface area contributed by atoms with Crippen LogP contribution in [0.3, 0.4) is 0 Å². The Morgan fingerprint density at radius 3 is 2.76 bits per heavy atom. The first kappa shape index (κ1) is 14.3. The molecule has 3 N–H and O–H groups in total. The van der Waals surface area contributed by atoms with E-state index in [9.17, 15) is 14.8 Å². The van der Waals surface area contributed by atoms with Gasteiger partial charge in [0.05, 0.1) is 18.0 Å². The molecule has 3 aliphatic heterocycles. The number of amides is 3.